The van der Waals surface area contributed by atoms with Gasteiger partial charge in [0.25, 0.3) is 0 Å². The first-order valence-corrected chi connectivity index (χ1v) is 12.5. The molecular formula is C25H14F11NO3S. The monoisotopic (exact) mass is 617 g/mol. The predicted molar refractivity (Wildman–Crippen MR) is 122 cm³/mol. The molecule has 0 saturated heterocycles. The molecule has 0 amide bonds. The number of rotatable bonds is 9. The lowest BCUT2D eigenvalue weighted by Crippen LogP contribution is -2.66. The van der Waals surface area contributed by atoms with E-state index >= 15 is 8.78 Å². The number of hydrogen-bond acceptors (Lipinski definition) is 4. The summed E-state index contributed by atoms with van der Waals surface area (Å²) < 4.78 is 182. The lowest BCUT2D eigenvalue weighted by atomic mass is 9.91. The van der Waals surface area contributed by atoms with E-state index in [1.54, 1.807) is 24.3 Å². The lowest BCUT2D eigenvalue weighted by molar-refractivity contribution is -0.371. The highest BCUT2D eigenvalue weighted by Crippen LogP contribution is 2.55. The molecule has 3 aromatic rings. The summed E-state index contributed by atoms with van der Waals surface area (Å²) in [7, 11) is -5.31. The molecular weight excluding hydrogens is 603 g/mol. The molecule has 0 bridgehead atoms. The first-order chi connectivity index (χ1) is 18.8. The Morgan fingerprint density at radius 3 is 1.98 bits per heavy atom. The molecule has 0 atom stereocenters. The highest BCUT2D eigenvalue weighted by atomic mass is 32.2. The van der Waals surface area contributed by atoms with E-state index in [9.17, 15) is 47.9 Å². The molecule has 3 aromatic carbocycles. The molecule has 0 aliphatic heterocycles. The molecule has 0 fully saturated rings. The minimum absolute atomic E-state index is 0.00292. The highest BCUT2D eigenvalue weighted by molar-refractivity contribution is 7.86. The van der Waals surface area contributed by atoms with Crippen LogP contribution < -0.4 is 0 Å². The van der Waals surface area contributed by atoms with Crippen molar-refractivity contribution in [1.29, 1.82) is 0 Å². The quantitative estimate of drug-likeness (QED) is 0.113. The topological polar surface area (TPSA) is 55.7 Å². The number of fused-ring (bicyclic) bond motifs is 3. The Morgan fingerprint density at radius 2 is 1.37 bits per heavy atom. The van der Waals surface area contributed by atoms with Gasteiger partial charge in [-0.2, -0.15) is 43.5 Å². The van der Waals surface area contributed by atoms with E-state index in [2.05, 4.69) is 9.44 Å². The molecule has 0 heterocycles. The number of nitrogens with zero attached hydrogens (tertiary/aromatic N) is 1. The minimum atomic E-state index is -7.37. The van der Waals surface area contributed by atoms with Gasteiger partial charge in [0.2, 0.25) is 0 Å². The molecule has 0 radical (unpaired) electrons. The van der Waals surface area contributed by atoms with Gasteiger partial charge in [-0.25, -0.2) is 13.2 Å². The molecule has 0 unspecified atom stereocenters. The van der Waals surface area contributed by atoms with Crippen LogP contribution in [0.4, 0.5) is 48.3 Å². The number of alkyl halides is 10. The summed E-state index contributed by atoms with van der Waals surface area (Å²) >= 11 is 0. The first-order valence-electron chi connectivity index (χ1n) is 11.1. The van der Waals surface area contributed by atoms with Crippen molar-refractivity contribution in [3.8, 4) is 11.1 Å². The molecule has 0 spiro atoms. The van der Waals surface area contributed by atoms with Crippen LogP contribution in [0.1, 0.15) is 16.7 Å². The Bertz CT molecular complexity index is 1610. The molecule has 1 aliphatic carbocycles. The standard InChI is InChI=1S/C25H14F11NO3S/c26-16-6-8-17(9-7-16)41(38,39)40-37-20(22(29,30)24(33,34)25(35,36)23(31,32)21(27)28)14-5-10-19-15(12-14)11-13-3-1-2-4-18(13)19/h1-10,12,21H,11H2/b37-20-. The zero-order valence-corrected chi connectivity index (χ0v) is 20.7. The lowest BCUT2D eigenvalue weighted by Gasteiger charge is -2.36. The van der Waals surface area contributed by atoms with Crippen LogP contribution in [0.25, 0.3) is 11.1 Å². The van der Waals surface area contributed by atoms with E-state index in [-0.39, 0.29) is 12.0 Å². The number of oxime groups is 1. The van der Waals surface area contributed by atoms with Crippen LogP contribution in [-0.4, -0.2) is 44.2 Å². The summed E-state index contributed by atoms with van der Waals surface area (Å²) in [5.74, 6) is -29.1. The fraction of sp³-hybridized carbons (Fsp3) is 0.240. The third-order valence-electron chi connectivity index (χ3n) is 6.17. The van der Waals surface area contributed by atoms with Crippen LogP contribution in [0.2, 0.25) is 0 Å². The molecule has 16 heteroatoms. The van der Waals surface area contributed by atoms with Crippen molar-refractivity contribution < 1.29 is 61.0 Å². The summed E-state index contributed by atoms with van der Waals surface area (Å²) in [6, 6.07) is 11.2. The van der Waals surface area contributed by atoms with Gasteiger partial charge in [-0.05, 0) is 59.0 Å². The van der Waals surface area contributed by atoms with Crippen molar-refractivity contribution in [2.45, 2.75) is 41.4 Å². The van der Waals surface area contributed by atoms with E-state index in [0.717, 1.165) is 12.1 Å². The van der Waals surface area contributed by atoms with Crippen molar-refractivity contribution >= 4 is 15.8 Å². The molecule has 0 aromatic heterocycles. The molecule has 0 N–H and O–H groups in total. The predicted octanol–water partition coefficient (Wildman–Crippen LogP) is 7.31. The fourth-order valence-corrected chi connectivity index (χ4v) is 4.73. The van der Waals surface area contributed by atoms with Crippen LogP contribution >= 0.6 is 0 Å². The Hall–Kier alpha value is -3.69. The zero-order valence-electron chi connectivity index (χ0n) is 19.9. The maximum absolute atomic E-state index is 15.2. The van der Waals surface area contributed by atoms with Gasteiger partial charge in [-0.1, -0.05) is 41.6 Å². The first kappa shape index (κ1) is 30.3. The SMILES string of the molecule is O=S(=O)(O/N=C(/c1ccc2c(c1)Cc1ccccc1-2)C(F)(F)C(F)(F)C(F)(F)C(F)(F)C(F)F)c1ccc(F)cc1. The van der Waals surface area contributed by atoms with Crippen LogP contribution in [0, 0.1) is 5.82 Å². The van der Waals surface area contributed by atoms with Gasteiger partial charge in [-0.15, -0.1) is 0 Å². The van der Waals surface area contributed by atoms with Crippen molar-refractivity contribution in [3.63, 3.8) is 0 Å². The van der Waals surface area contributed by atoms with Crippen molar-refractivity contribution in [2.24, 2.45) is 5.16 Å². The second-order valence-corrected chi connectivity index (χ2v) is 10.3. The van der Waals surface area contributed by atoms with Gasteiger partial charge in [0.15, 0.2) is 5.71 Å². The fourth-order valence-electron chi connectivity index (χ4n) is 4.01. The molecule has 0 saturated carbocycles. The Labute approximate surface area is 224 Å². The zero-order chi connectivity index (χ0) is 30.6. The molecule has 220 valence electrons. The van der Waals surface area contributed by atoms with E-state index in [1.807, 2.05) is 0 Å². The molecule has 1 aliphatic rings. The van der Waals surface area contributed by atoms with E-state index in [0.29, 0.717) is 47.0 Å². The van der Waals surface area contributed by atoms with Gasteiger partial charge < -0.3 is 0 Å². The summed E-state index contributed by atoms with van der Waals surface area (Å²) in [5, 5.41) is 2.46. The van der Waals surface area contributed by atoms with Gasteiger partial charge in [0, 0.05) is 5.56 Å². The van der Waals surface area contributed by atoms with Crippen LogP contribution in [0.5, 0.6) is 0 Å². The van der Waals surface area contributed by atoms with Crippen LogP contribution in [0.3, 0.4) is 0 Å². The minimum Gasteiger partial charge on any atom is -0.264 e. The summed E-state index contributed by atoms with van der Waals surface area (Å²) in [4.78, 5) is -0.948. The molecule has 41 heavy (non-hydrogen) atoms. The maximum atomic E-state index is 15.2. The van der Waals surface area contributed by atoms with Crippen molar-refractivity contribution in [2.75, 3.05) is 0 Å². The van der Waals surface area contributed by atoms with E-state index in [4.69, 9.17) is 0 Å². The van der Waals surface area contributed by atoms with E-state index < -0.39 is 62.2 Å². The van der Waals surface area contributed by atoms with Gasteiger partial charge >= 0.3 is 40.2 Å². The molecule has 4 nitrogen and oxygen atoms in total. The summed E-state index contributed by atoms with van der Waals surface area (Å²) in [5.41, 5.74) is -2.02. The second-order valence-electron chi connectivity index (χ2n) is 8.78. The van der Waals surface area contributed by atoms with Gasteiger partial charge in [0.05, 0.1) is 0 Å². The Morgan fingerprint density at radius 1 is 0.780 bits per heavy atom. The summed E-state index contributed by atoms with van der Waals surface area (Å²) in [6.07, 6.45) is -5.49. The normalized spacial score (nSPS) is 14.7. The van der Waals surface area contributed by atoms with E-state index in [1.165, 1.54) is 0 Å². The smallest absolute Gasteiger partial charge is 0.264 e. The number of halogens is 11. The van der Waals surface area contributed by atoms with Crippen molar-refractivity contribution in [3.05, 3.63) is 89.2 Å². The Kier molecular flexibility index (Phi) is 7.38. The van der Waals surface area contributed by atoms with Crippen molar-refractivity contribution in [1.82, 2.24) is 0 Å². The maximum Gasteiger partial charge on any atom is 0.384 e. The summed E-state index contributed by atoms with van der Waals surface area (Å²) in [6.45, 7) is 0. The average Bonchev–Trinajstić information content (AvgIpc) is 3.26. The number of benzene rings is 3. The number of hydrogen-bond donors (Lipinski definition) is 0. The second kappa shape index (κ2) is 9.99. The van der Waals surface area contributed by atoms with Crippen LogP contribution in [-0.2, 0) is 20.8 Å². The largest absolute Gasteiger partial charge is 0.384 e. The third kappa shape index (κ3) is 4.91. The third-order valence-corrected chi connectivity index (χ3v) is 7.30. The highest BCUT2D eigenvalue weighted by Gasteiger charge is 2.84. The molecule has 4 rings (SSSR count). The van der Waals surface area contributed by atoms with Gasteiger partial charge in [-0.3, -0.25) is 4.28 Å². The average molecular weight is 617 g/mol. The Balaban J connectivity index is 1.87. The van der Waals surface area contributed by atoms with Gasteiger partial charge in [0.1, 0.15) is 10.7 Å². The van der Waals surface area contributed by atoms with Crippen LogP contribution in [0.15, 0.2) is 76.8 Å².